The molecule has 1 aromatic carbocycles. The standard InChI is InChI=1S/C12H11ClF5N/c1-19(7-4-6(5-7)12(16,17)18)9-3-2-8(14)10(13)11(9)15/h2-3,6-7H,4-5H2,1H3/t6-,7-. The summed E-state index contributed by atoms with van der Waals surface area (Å²) in [6.45, 7) is 0. The Bertz CT molecular complexity index is 482. The van der Waals surface area contributed by atoms with Gasteiger partial charge in [-0.3, -0.25) is 0 Å². The SMILES string of the molecule is CN(c1ccc(F)c(Cl)c1F)[C@H]1C[C@H](C(F)(F)F)C1. The summed E-state index contributed by atoms with van der Waals surface area (Å²) in [6, 6.07) is 1.76. The van der Waals surface area contributed by atoms with E-state index >= 15 is 0 Å². The number of hydrogen-bond donors (Lipinski definition) is 0. The summed E-state index contributed by atoms with van der Waals surface area (Å²) in [5.41, 5.74) is 0.0111. The van der Waals surface area contributed by atoms with Gasteiger partial charge < -0.3 is 4.90 Å². The summed E-state index contributed by atoms with van der Waals surface area (Å²) in [7, 11) is 1.48. The van der Waals surface area contributed by atoms with E-state index in [9.17, 15) is 22.0 Å². The van der Waals surface area contributed by atoms with E-state index in [1.807, 2.05) is 0 Å². The lowest BCUT2D eigenvalue weighted by molar-refractivity contribution is -0.196. The molecule has 0 saturated heterocycles. The van der Waals surface area contributed by atoms with Gasteiger partial charge in [-0.15, -0.1) is 0 Å². The molecule has 0 heterocycles. The molecule has 0 aliphatic heterocycles. The molecule has 0 bridgehead atoms. The number of anilines is 1. The van der Waals surface area contributed by atoms with E-state index in [-0.39, 0.29) is 18.5 Å². The molecule has 1 aromatic rings. The van der Waals surface area contributed by atoms with Gasteiger partial charge in [0.2, 0.25) is 0 Å². The Morgan fingerprint density at radius 3 is 2.32 bits per heavy atom. The van der Waals surface area contributed by atoms with E-state index in [1.54, 1.807) is 0 Å². The van der Waals surface area contributed by atoms with Gasteiger partial charge in [0, 0.05) is 13.1 Å². The lowest BCUT2D eigenvalue weighted by atomic mass is 9.79. The Morgan fingerprint density at radius 1 is 1.21 bits per heavy atom. The first-order valence-corrected chi connectivity index (χ1v) is 6.02. The number of halogens is 6. The average Bonchev–Trinajstić information content (AvgIpc) is 2.21. The fourth-order valence-electron chi connectivity index (χ4n) is 2.16. The van der Waals surface area contributed by atoms with Crippen LogP contribution in [0.15, 0.2) is 12.1 Å². The maximum absolute atomic E-state index is 13.7. The Labute approximate surface area is 112 Å². The van der Waals surface area contributed by atoms with Crippen LogP contribution in [-0.2, 0) is 0 Å². The smallest absolute Gasteiger partial charge is 0.369 e. The fourth-order valence-corrected chi connectivity index (χ4v) is 2.32. The second kappa shape index (κ2) is 4.81. The van der Waals surface area contributed by atoms with E-state index in [0.29, 0.717) is 0 Å². The Kier molecular flexibility index (Phi) is 3.64. The van der Waals surface area contributed by atoms with Crippen molar-refractivity contribution < 1.29 is 22.0 Å². The van der Waals surface area contributed by atoms with Crippen LogP contribution in [0, 0.1) is 17.6 Å². The maximum atomic E-state index is 13.7. The van der Waals surface area contributed by atoms with Crippen LogP contribution in [0.1, 0.15) is 12.8 Å². The summed E-state index contributed by atoms with van der Waals surface area (Å²) in [5.74, 6) is -3.18. The molecular formula is C12H11ClF5N. The molecule has 19 heavy (non-hydrogen) atoms. The number of hydrogen-bond acceptors (Lipinski definition) is 1. The molecule has 2 rings (SSSR count). The van der Waals surface area contributed by atoms with Crippen molar-refractivity contribution in [3.63, 3.8) is 0 Å². The molecule has 1 aliphatic carbocycles. The normalized spacial score (nSPS) is 23.1. The number of rotatable bonds is 2. The van der Waals surface area contributed by atoms with Gasteiger partial charge in [0.15, 0.2) is 5.82 Å². The van der Waals surface area contributed by atoms with Crippen LogP contribution in [0.4, 0.5) is 27.6 Å². The van der Waals surface area contributed by atoms with Crippen LogP contribution in [0.3, 0.4) is 0 Å². The summed E-state index contributed by atoms with van der Waals surface area (Å²) < 4.78 is 63.8. The molecule has 1 fully saturated rings. The second-order valence-corrected chi connectivity index (χ2v) is 5.05. The monoisotopic (exact) mass is 299 g/mol. The quantitative estimate of drug-likeness (QED) is 0.578. The van der Waals surface area contributed by atoms with Crippen molar-refractivity contribution >= 4 is 17.3 Å². The summed E-state index contributed by atoms with van der Waals surface area (Å²) in [4.78, 5) is 1.38. The van der Waals surface area contributed by atoms with Crippen LogP contribution >= 0.6 is 11.6 Å². The summed E-state index contributed by atoms with van der Waals surface area (Å²) >= 11 is 5.44. The third kappa shape index (κ3) is 2.63. The Balaban J connectivity index is 2.11. The minimum atomic E-state index is -4.21. The van der Waals surface area contributed by atoms with Gasteiger partial charge in [0.25, 0.3) is 0 Å². The molecular weight excluding hydrogens is 289 g/mol. The van der Waals surface area contributed by atoms with Crippen molar-refractivity contribution in [3.05, 3.63) is 28.8 Å². The molecule has 1 aliphatic rings. The van der Waals surface area contributed by atoms with E-state index in [0.717, 1.165) is 6.07 Å². The zero-order chi connectivity index (χ0) is 14.4. The van der Waals surface area contributed by atoms with Crippen molar-refractivity contribution in [2.45, 2.75) is 25.1 Å². The van der Waals surface area contributed by atoms with Crippen molar-refractivity contribution in [3.8, 4) is 0 Å². The lowest BCUT2D eigenvalue weighted by Gasteiger charge is -2.43. The Morgan fingerprint density at radius 2 is 1.79 bits per heavy atom. The van der Waals surface area contributed by atoms with Gasteiger partial charge in [0.05, 0.1) is 11.6 Å². The molecule has 0 amide bonds. The third-order valence-electron chi connectivity index (χ3n) is 3.52. The predicted molar refractivity (Wildman–Crippen MR) is 62.3 cm³/mol. The van der Waals surface area contributed by atoms with Crippen molar-refractivity contribution in [2.24, 2.45) is 5.92 Å². The van der Waals surface area contributed by atoms with Gasteiger partial charge in [-0.05, 0) is 25.0 Å². The van der Waals surface area contributed by atoms with E-state index in [1.165, 1.54) is 18.0 Å². The van der Waals surface area contributed by atoms with Gasteiger partial charge >= 0.3 is 6.18 Å². The Hall–Kier alpha value is -1.04. The van der Waals surface area contributed by atoms with Gasteiger partial charge in [-0.2, -0.15) is 13.2 Å². The molecule has 106 valence electrons. The average molecular weight is 300 g/mol. The molecule has 1 nitrogen and oxygen atoms in total. The molecule has 1 saturated carbocycles. The van der Waals surface area contributed by atoms with Crippen molar-refractivity contribution in [2.75, 3.05) is 11.9 Å². The molecule has 0 atom stereocenters. The number of alkyl halides is 3. The van der Waals surface area contributed by atoms with Crippen LogP contribution in [0.25, 0.3) is 0 Å². The molecule has 0 radical (unpaired) electrons. The highest BCUT2D eigenvalue weighted by Gasteiger charge is 2.49. The zero-order valence-electron chi connectivity index (χ0n) is 9.94. The number of nitrogens with zero attached hydrogens (tertiary/aromatic N) is 1. The van der Waals surface area contributed by atoms with Crippen molar-refractivity contribution in [1.82, 2.24) is 0 Å². The minimum absolute atomic E-state index is 0.0111. The second-order valence-electron chi connectivity index (χ2n) is 4.67. The fraction of sp³-hybridized carbons (Fsp3) is 0.500. The summed E-state index contributed by atoms with van der Waals surface area (Å²) in [5, 5.41) is -0.643. The zero-order valence-corrected chi connectivity index (χ0v) is 10.7. The first kappa shape index (κ1) is 14.4. The van der Waals surface area contributed by atoms with Gasteiger partial charge in [0.1, 0.15) is 10.8 Å². The largest absolute Gasteiger partial charge is 0.391 e. The van der Waals surface area contributed by atoms with E-state index in [4.69, 9.17) is 11.6 Å². The third-order valence-corrected chi connectivity index (χ3v) is 3.87. The molecule has 7 heteroatoms. The predicted octanol–water partition coefficient (Wildman–Crippen LogP) is 4.40. The van der Waals surface area contributed by atoms with E-state index < -0.39 is 34.8 Å². The highest BCUT2D eigenvalue weighted by molar-refractivity contribution is 6.31. The minimum Gasteiger partial charge on any atom is -0.369 e. The van der Waals surface area contributed by atoms with Crippen LogP contribution in [0.2, 0.25) is 5.02 Å². The highest BCUT2D eigenvalue weighted by atomic mass is 35.5. The highest BCUT2D eigenvalue weighted by Crippen LogP contribution is 2.44. The topological polar surface area (TPSA) is 3.24 Å². The molecule has 0 spiro atoms. The molecule has 0 N–H and O–H groups in total. The van der Waals surface area contributed by atoms with Gasteiger partial charge in [-0.25, -0.2) is 8.78 Å². The van der Waals surface area contributed by atoms with E-state index in [2.05, 4.69) is 0 Å². The summed E-state index contributed by atoms with van der Waals surface area (Å²) in [6.07, 6.45) is -4.39. The maximum Gasteiger partial charge on any atom is 0.391 e. The first-order chi connectivity index (χ1) is 8.71. The van der Waals surface area contributed by atoms with Crippen LogP contribution in [0.5, 0.6) is 0 Å². The molecule has 0 unspecified atom stereocenters. The van der Waals surface area contributed by atoms with Gasteiger partial charge in [-0.1, -0.05) is 11.6 Å². The van der Waals surface area contributed by atoms with Crippen LogP contribution in [-0.4, -0.2) is 19.3 Å². The lowest BCUT2D eigenvalue weighted by Crippen LogP contribution is -2.48. The van der Waals surface area contributed by atoms with Crippen molar-refractivity contribution in [1.29, 1.82) is 0 Å². The molecule has 0 aromatic heterocycles. The first-order valence-electron chi connectivity index (χ1n) is 5.65. The number of benzene rings is 1. The van der Waals surface area contributed by atoms with Crippen LogP contribution < -0.4 is 4.90 Å².